The molecule has 1 rings (SSSR count). The zero-order valence-electron chi connectivity index (χ0n) is 8.99. The maximum Gasteiger partial charge on any atom is 0.232 e. The van der Waals surface area contributed by atoms with Gasteiger partial charge in [0.1, 0.15) is 0 Å². The molecular formula is C9H18ClNO3S. The molecule has 0 bridgehead atoms. The summed E-state index contributed by atoms with van der Waals surface area (Å²) in [6.07, 6.45) is 1.90. The Hall–Kier alpha value is 0.160. The van der Waals surface area contributed by atoms with E-state index in [0.717, 1.165) is 32.7 Å². The molecule has 0 aromatic rings. The second-order valence-electron chi connectivity index (χ2n) is 3.80. The number of ether oxygens (including phenoxy) is 1. The third-order valence-corrected chi connectivity index (χ3v) is 3.78. The standard InChI is InChI=1S/C9H18ClNO3S/c1-2-9-8-11(5-6-14-9)4-3-7-15(10,12)13/h9H,2-8H2,1H3. The van der Waals surface area contributed by atoms with Crippen molar-refractivity contribution < 1.29 is 13.2 Å². The molecule has 6 heteroatoms. The largest absolute Gasteiger partial charge is 0.376 e. The maximum absolute atomic E-state index is 10.7. The highest BCUT2D eigenvalue weighted by molar-refractivity contribution is 8.13. The molecule has 1 heterocycles. The maximum atomic E-state index is 10.7. The number of morpholine rings is 1. The van der Waals surface area contributed by atoms with Crippen LogP contribution in [0.5, 0.6) is 0 Å². The van der Waals surface area contributed by atoms with Crippen LogP contribution < -0.4 is 0 Å². The monoisotopic (exact) mass is 255 g/mol. The molecule has 1 aliphatic heterocycles. The van der Waals surface area contributed by atoms with Crippen LogP contribution in [0.2, 0.25) is 0 Å². The quantitative estimate of drug-likeness (QED) is 0.689. The van der Waals surface area contributed by atoms with E-state index in [4.69, 9.17) is 15.4 Å². The van der Waals surface area contributed by atoms with E-state index in [2.05, 4.69) is 11.8 Å². The van der Waals surface area contributed by atoms with E-state index in [0.29, 0.717) is 12.5 Å². The molecule has 1 atom stereocenters. The summed E-state index contributed by atoms with van der Waals surface area (Å²) in [5.74, 6) is 0.0582. The lowest BCUT2D eigenvalue weighted by Crippen LogP contribution is -2.42. The minimum Gasteiger partial charge on any atom is -0.376 e. The summed E-state index contributed by atoms with van der Waals surface area (Å²) >= 11 is 0. The van der Waals surface area contributed by atoms with Gasteiger partial charge in [-0.3, -0.25) is 4.90 Å². The first-order valence-electron chi connectivity index (χ1n) is 5.27. The van der Waals surface area contributed by atoms with Crippen molar-refractivity contribution in [3.63, 3.8) is 0 Å². The van der Waals surface area contributed by atoms with E-state index in [1.54, 1.807) is 0 Å². The highest BCUT2D eigenvalue weighted by Crippen LogP contribution is 2.09. The fourth-order valence-electron chi connectivity index (χ4n) is 1.69. The molecule has 0 saturated carbocycles. The van der Waals surface area contributed by atoms with Gasteiger partial charge < -0.3 is 4.74 Å². The topological polar surface area (TPSA) is 46.6 Å². The van der Waals surface area contributed by atoms with Crippen molar-refractivity contribution in [2.45, 2.75) is 25.9 Å². The summed E-state index contributed by atoms with van der Waals surface area (Å²) in [5, 5.41) is 0. The van der Waals surface area contributed by atoms with Crippen molar-refractivity contribution in [1.29, 1.82) is 0 Å². The van der Waals surface area contributed by atoms with Crippen LogP contribution in [0.25, 0.3) is 0 Å². The van der Waals surface area contributed by atoms with Crippen molar-refractivity contribution in [3.05, 3.63) is 0 Å². The average Bonchev–Trinajstić information content (AvgIpc) is 2.16. The average molecular weight is 256 g/mol. The first-order chi connectivity index (χ1) is 7.01. The van der Waals surface area contributed by atoms with Gasteiger partial charge >= 0.3 is 0 Å². The van der Waals surface area contributed by atoms with Gasteiger partial charge in [-0.2, -0.15) is 0 Å². The minimum absolute atomic E-state index is 0.0582. The molecule has 0 aromatic heterocycles. The first-order valence-corrected chi connectivity index (χ1v) is 7.75. The Morgan fingerprint density at radius 3 is 2.87 bits per heavy atom. The number of hydrogen-bond donors (Lipinski definition) is 0. The SMILES string of the molecule is CCC1CN(CCCS(=O)(=O)Cl)CCO1. The van der Waals surface area contributed by atoms with Crippen LogP contribution in [-0.4, -0.2) is 51.4 Å². The van der Waals surface area contributed by atoms with Crippen molar-refractivity contribution in [2.75, 3.05) is 32.0 Å². The molecule has 0 N–H and O–H groups in total. The number of halogens is 1. The van der Waals surface area contributed by atoms with Gasteiger partial charge in [0.2, 0.25) is 9.05 Å². The van der Waals surface area contributed by atoms with Gasteiger partial charge in [-0.1, -0.05) is 6.92 Å². The lowest BCUT2D eigenvalue weighted by Gasteiger charge is -2.32. The van der Waals surface area contributed by atoms with Crippen molar-refractivity contribution >= 4 is 19.7 Å². The molecule has 1 saturated heterocycles. The Morgan fingerprint density at radius 1 is 1.53 bits per heavy atom. The minimum atomic E-state index is -3.33. The van der Waals surface area contributed by atoms with Gasteiger partial charge in [-0.05, 0) is 19.4 Å². The van der Waals surface area contributed by atoms with Crippen molar-refractivity contribution in [3.8, 4) is 0 Å². The molecule has 0 aliphatic carbocycles. The van der Waals surface area contributed by atoms with Crippen LogP contribution in [0.15, 0.2) is 0 Å². The van der Waals surface area contributed by atoms with Gasteiger partial charge in [0.05, 0.1) is 18.5 Å². The fraction of sp³-hybridized carbons (Fsp3) is 1.00. The molecule has 1 aliphatic rings. The van der Waals surface area contributed by atoms with Crippen LogP contribution >= 0.6 is 10.7 Å². The van der Waals surface area contributed by atoms with Crippen LogP contribution in [0.4, 0.5) is 0 Å². The lowest BCUT2D eigenvalue weighted by molar-refractivity contribution is -0.0293. The van der Waals surface area contributed by atoms with Crippen LogP contribution in [-0.2, 0) is 13.8 Å². The molecule has 0 radical (unpaired) electrons. The molecule has 15 heavy (non-hydrogen) atoms. The van der Waals surface area contributed by atoms with Gasteiger partial charge in [-0.25, -0.2) is 8.42 Å². The molecule has 1 unspecified atom stereocenters. The number of nitrogens with zero attached hydrogens (tertiary/aromatic N) is 1. The Bertz CT molecular complexity index is 281. The summed E-state index contributed by atoms with van der Waals surface area (Å²) in [5.41, 5.74) is 0. The number of hydrogen-bond acceptors (Lipinski definition) is 4. The lowest BCUT2D eigenvalue weighted by atomic mass is 10.2. The van der Waals surface area contributed by atoms with E-state index in [-0.39, 0.29) is 5.75 Å². The van der Waals surface area contributed by atoms with Crippen LogP contribution in [0.1, 0.15) is 19.8 Å². The van der Waals surface area contributed by atoms with Gasteiger partial charge in [0.15, 0.2) is 0 Å². The van der Waals surface area contributed by atoms with E-state index in [1.165, 1.54) is 0 Å². The van der Waals surface area contributed by atoms with Crippen LogP contribution in [0, 0.1) is 0 Å². The molecule has 1 fully saturated rings. The molecule has 0 amide bonds. The Balaban J connectivity index is 2.21. The van der Waals surface area contributed by atoms with E-state index < -0.39 is 9.05 Å². The second kappa shape index (κ2) is 6.03. The molecule has 90 valence electrons. The highest BCUT2D eigenvalue weighted by Gasteiger charge is 2.18. The number of rotatable bonds is 5. The molecule has 0 aromatic carbocycles. The first kappa shape index (κ1) is 13.2. The fourth-order valence-corrected chi connectivity index (χ4v) is 2.49. The third-order valence-electron chi connectivity index (χ3n) is 2.54. The second-order valence-corrected chi connectivity index (χ2v) is 6.69. The van der Waals surface area contributed by atoms with Crippen molar-refractivity contribution in [2.24, 2.45) is 0 Å². The molecular weight excluding hydrogens is 238 g/mol. The van der Waals surface area contributed by atoms with Gasteiger partial charge in [-0.15, -0.1) is 0 Å². The van der Waals surface area contributed by atoms with E-state index >= 15 is 0 Å². The smallest absolute Gasteiger partial charge is 0.232 e. The molecule has 0 spiro atoms. The van der Waals surface area contributed by atoms with Crippen LogP contribution in [0.3, 0.4) is 0 Å². The summed E-state index contributed by atoms with van der Waals surface area (Å²) in [6.45, 7) is 5.41. The molecule has 4 nitrogen and oxygen atoms in total. The Morgan fingerprint density at radius 2 is 2.27 bits per heavy atom. The zero-order chi connectivity index (χ0) is 11.3. The summed E-state index contributed by atoms with van der Waals surface area (Å²) < 4.78 is 26.9. The predicted molar refractivity (Wildman–Crippen MR) is 60.7 cm³/mol. The van der Waals surface area contributed by atoms with Gasteiger partial charge in [0.25, 0.3) is 0 Å². The zero-order valence-corrected chi connectivity index (χ0v) is 10.6. The Kier molecular flexibility index (Phi) is 5.32. The van der Waals surface area contributed by atoms with Gasteiger partial charge in [0, 0.05) is 23.8 Å². The van der Waals surface area contributed by atoms with E-state index in [1.807, 2.05) is 0 Å². The highest BCUT2D eigenvalue weighted by atomic mass is 35.7. The summed E-state index contributed by atoms with van der Waals surface area (Å²) in [7, 11) is 1.81. The van der Waals surface area contributed by atoms with Crippen molar-refractivity contribution in [1.82, 2.24) is 4.90 Å². The summed E-state index contributed by atoms with van der Waals surface area (Å²) in [4.78, 5) is 2.24. The van der Waals surface area contributed by atoms with E-state index in [9.17, 15) is 8.42 Å². The summed E-state index contributed by atoms with van der Waals surface area (Å²) in [6, 6.07) is 0. The normalized spacial score (nSPS) is 24.3. The third kappa shape index (κ3) is 5.70. The Labute approximate surface area is 96.0 Å². The predicted octanol–water partition coefficient (Wildman–Crippen LogP) is 1.06.